The molecule has 2 saturated heterocycles. The number of carbonyl (C=O) groups is 1. The van der Waals surface area contributed by atoms with Gasteiger partial charge in [-0.2, -0.15) is 0 Å². The van der Waals surface area contributed by atoms with E-state index in [9.17, 15) is 4.79 Å². The number of nitrogens with two attached hydrogens (primary N) is 1. The Bertz CT molecular complexity index is 211. The van der Waals surface area contributed by atoms with Gasteiger partial charge < -0.3 is 15.4 Å². The number of rotatable bonds is 1. The van der Waals surface area contributed by atoms with Crippen molar-refractivity contribution in [3.63, 3.8) is 0 Å². The van der Waals surface area contributed by atoms with Crippen LogP contribution in [-0.2, 0) is 9.53 Å². The third-order valence-electron chi connectivity index (χ3n) is 3.06. The molecule has 15 heavy (non-hydrogen) atoms. The van der Waals surface area contributed by atoms with E-state index in [-0.39, 0.29) is 30.5 Å². The molecular formula is C10H19ClN2O2. The third kappa shape index (κ3) is 3.06. The molecule has 88 valence electrons. The van der Waals surface area contributed by atoms with Crippen LogP contribution in [0.5, 0.6) is 0 Å². The van der Waals surface area contributed by atoms with Gasteiger partial charge in [0, 0.05) is 25.7 Å². The summed E-state index contributed by atoms with van der Waals surface area (Å²) in [4.78, 5) is 13.8. The number of hydrogen-bond acceptors (Lipinski definition) is 3. The molecule has 0 aliphatic carbocycles. The molecule has 2 heterocycles. The zero-order valence-corrected chi connectivity index (χ0v) is 9.67. The molecular weight excluding hydrogens is 216 g/mol. The van der Waals surface area contributed by atoms with Crippen LogP contribution in [0.15, 0.2) is 0 Å². The SMILES string of the molecule is Cl.NC1CCN(C(=O)[C@@H]2CCCO2)CC1. The van der Waals surface area contributed by atoms with E-state index in [2.05, 4.69) is 0 Å². The molecule has 0 unspecified atom stereocenters. The molecule has 2 aliphatic rings. The summed E-state index contributed by atoms with van der Waals surface area (Å²) < 4.78 is 5.37. The highest BCUT2D eigenvalue weighted by Gasteiger charge is 2.29. The summed E-state index contributed by atoms with van der Waals surface area (Å²) in [5.41, 5.74) is 5.78. The van der Waals surface area contributed by atoms with Crippen LogP contribution in [0.4, 0.5) is 0 Å². The smallest absolute Gasteiger partial charge is 0.251 e. The Morgan fingerprint density at radius 1 is 1.27 bits per heavy atom. The molecule has 4 nitrogen and oxygen atoms in total. The largest absolute Gasteiger partial charge is 0.368 e. The first-order valence-corrected chi connectivity index (χ1v) is 5.43. The number of ether oxygens (including phenoxy) is 1. The summed E-state index contributed by atoms with van der Waals surface area (Å²) in [6, 6.07) is 0.281. The zero-order valence-electron chi connectivity index (χ0n) is 8.85. The molecule has 0 spiro atoms. The molecule has 0 bridgehead atoms. The molecule has 0 aromatic heterocycles. The van der Waals surface area contributed by atoms with Crippen LogP contribution in [0.25, 0.3) is 0 Å². The van der Waals surface area contributed by atoms with Crippen molar-refractivity contribution in [2.45, 2.75) is 37.8 Å². The lowest BCUT2D eigenvalue weighted by atomic mass is 10.1. The van der Waals surface area contributed by atoms with Crippen molar-refractivity contribution in [3.05, 3.63) is 0 Å². The topological polar surface area (TPSA) is 55.6 Å². The van der Waals surface area contributed by atoms with Gasteiger partial charge in [-0.3, -0.25) is 4.79 Å². The van der Waals surface area contributed by atoms with Crippen LogP contribution in [0.1, 0.15) is 25.7 Å². The number of carbonyl (C=O) groups excluding carboxylic acids is 1. The van der Waals surface area contributed by atoms with E-state index in [0.29, 0.717) is 0 Å². The fraction of sp³-hybridized carbons (Fsp3) is 0.900. The number of amides is 1. The first kappa shape index (κ1) is 12.7. The Labute approximate surface area is 96.5 Å². The summed E-state index contributed by atoms with van der Waals surface area (Å²) >= 11 is 0. The van der Waals surface area contributed by atoms with Crippen LogP contribution in [0.2, 0.25) is 0 Å². The van der Waals surface area contributed by atoms with Crippen molar-refractivity contribution in [1.82, 2.24) is 4.90 Å². The van der Waals surface area contributed by atoms with Crippen LogP contribution < -0.4 is 5.73 Å². The minimum Gasteiger partial charge on any atom is -0.368 e. The molecule has 2 N–H and O–H groups in total. The summed E-state index contributed by atoms with van der Waals surface area (Å²) in [5, 5.41) is 0. The number of likely N-dealkylation sites (tertiary alicyclic amines) is 1. The van der Waals surface area contributed by atoms with Gasteiger partial charge in [-0.1, -0.05) is 0 Å². The number of piperidine rings is 1. The molecule has 1 atom stereocenters. The van der Waals surface area contributed by atoms with Crippen molar-refractivity contribution in [1.29, 1.82) is 0 Å². The van der Waals surface area contributed by atoms with Gasteiger partial charge in [-0.05, 0) is 25.7 Å². The lowest BCUT2D eigenvalue weighted by Gasteiger charge is -2.31. The van der Waals surface area contributed by atoms with E-state index in [0.717, 1.165) is 45.4 Å². The number of nitrogens with zero attached hydrogens (tertiary/aromatic N) is 1. The van der Waals surface area contributed by atoms with Crippen molar-refractivity contribution in [2.75, 3.05) is 19.7 Å². The Balaban J connectivity index is 0.00000112. The predicted octanol–water partition coefficient (Wildman–Crippen LogP) is 0.537. The van der Waals surface area contributed by atoms with Gasteiger partial charge in [0.15, 0.2) is 0 Å². The molecule has 2 fully saturated rings. The van der Waals surface area contributed by atoms with Crippen molar-refractivity contribution in [2.24, 2.45) is 5.73 Å². The summed E-state index contributed by atoms with van der Waals surface area (Å²) in [5.74, 6) is 0.175. The predicted molar refractivity (Wildman–Crippen MR) is 60.0 cm³/mol. The van der Waals surface area contributed by atoms with E-state index >= 15 is 0 Å². The normalized spacial score (nSPS) is 27.5. The fourth-order valence-electron chi connectivity index (χ4n) is 2.10. The maximum atomic E-state index is 11.9. The molecule has 2 aliphatic heterocycles. The average Bonchev–Trinajstić information content (AvgIpc) is 2.71. The lowest BCUT2D eigenvalue weighted by molar-refractivity contribution is -0.141. The molecule has 0 aromatic rings. The highest BCUT2D eigenvalue weighted by atomic mass is 35.5. The minimum atomic E-state index is -0.163. The van der Waals surface area contributed by atoms with Crippen molar-refractivity contribution in [3.8, 4) is 0 Å². The van der Waals surface area contributed by atoms with Gasteiger partial charge in [0.2, 0.25) is 0 Å². The average molecular weight is 235 g/mol. The Morgan fingerprint density at radius 3 is 2.47 bits per heavy atom. The first-order chi connectivity index (χ1) is 6.77. The summed E-state index contributed by atoms with van der Waals surface area (Å²) in [6.07, 6.45) is 3.60. The minimum absolute atomic E-state index is 0. The molecule has 0 radical (unpaired) electrons. The van der Waals surface area contributed by atoms with Crippen LogP contribution >= 0.6 is 12.4 Å². The first-order valence-electron chi connectivity index (χ1n) is 5.43. The second kappa shape index (κ2) is 5.68. The number of hydrogen-bond donors (Lipinski definition) is 1. The van der Waals surface area contributed by atoms with E-state index in [1.54, 1.807) is 0 Å². The number of halogens is 1. The molecule has 1 amide bonds. The van der Waals surface area contributed by atoms with Crippen LogP contribution in [0.3, 0.4) is 0 Å². The Kier molecular flexibility index (Phi) is 4.83. The van der Waals surface area contributed by atoms with Gasteiger partial charge in [0.05, 0.1) is 0 Å². The highest BCUT2D eigenvalue weighted by Crippen LogP contribution is 2.17. The van der Waals surface area contributed by atoms with Gasteiger partial charge in [0.1, 0.15) is 6.10 Å². The molecule has 0 aromatic carbocycles. The molecule has 0 saturated carbocycles. The summed E-state index contributed by atoms with van der Waals surface area (Å²) in [6.45, 7) is 2.35. The standard InChI is InChI=1S/C10H18N2O2.ClH/c11-8-3-5-12(6-4-8)10(13)9-2-1-7-14-9;/h8-9H,1-7,11H2;1H/t9-;/m0./s1. The monoisotopic (exact) mass is 234 g/mol. The van der Waals surface area contributed by atoms with E-state index in [1.807, 2.05) is 4.90 Å². The second-order valence-corrected chi connectivity index (χ2v) is 4.16. The molecule has 2 rings (SSSR count). The fourth-order valence-corrected chi connectivity index (χ4v) is 2.10. The van der Waals surface area contributed by atoms with E-state index < -0.39 is 0 Å². The van der Waals surface area contributed by atoms with E-state index in [1.165, 1.54) is 0 Å². The highest BCUT2D eigenvalue weighted by molar-refractivity contribution is 5.85. The maximum absolute atomic E-state index is 11.9. The van der Waals surface area contributed by atoms with Gasteiger partial charge >= 0.3 is 0 Å². The quantitative estimate of drug-likeness (QED) is 0.721. The maximum Gasteiger partial charge on any atom is 0.251 e. The van der Waals surface area contributed by atoms with Crippen LogP contribution in [0, 0.1) is 0 Å². The van der Waals surface area contributed by atoms with Gasteiger partial charge in [-0.25, -0.2) is 0 Å². The van der Waals surface area contributed by atoms with Gasteiger partial charge in [-0.15, -0.1) is 12.4 Å². The van der Waals surface area contributed by atoms with Gasteiger partial charge in [0.25, 0.3) is 5.91 Å². The van der Waals surface area contributed by atoms with E-state index in [4.69, 9.17) is 10.5 Å². The Hall–Kier alpha value is -0.320. The molecule has 5 heteroatoms. The van der Waals surface area contributed by atoms with Crippen molar-refractivity contribution < 1.29 is 9.53 Å². The lowest BCUT2D eigenvalue weighted by Crippen LogP contribution is -2.46. The Morgan fingerprint density at radius 2 is 1.93 bits per heavy atom. The second-order valence-electron chi connectivity index (χ2n) is 4.16. The van der Waals surface area contributed by atoms with Crippen LogP contribution in [-0.4, -0.2) is 42.6 Å². The summed E-state index contributed by atoms with van der Waals surface area (Å²) in [7, 11) is 0. The zero-order chi connectivity index (χ0) is 9.97. The third-order valence-corrected chi connectivity index (χ3v) is 3.06. The van der Waals surface area contributed by atoms with Crippen molar-refractivity contribution >= 4 is 18.3 Å².